The number of aliphatic hydroxyl groups is 1. The second-order valence-corrected chi connectivity index (χ2v) is 5.23. The van der Waals surface area contributed by atoms with Crippen molar-refractivity contribution in [1.82, 2.24) is 4.90 Å². The molecule has 2 nitrogen and oxygen atoms in total. The van der Waals surface area contributed by atoms with Crippen molar-refractivity contribution in [2.45, 2.75) is 45.2 Å². The van der Waals surface area contributed by atoms with E-state index in [1.165, 1.54) is 25.3 Å². The number of nitrogens with zero attached hydrogens (tertiary/aromatic N) is 1. The summed E-state index contributed by atoms with van der Waals surface area (Å²) in [7, 11) is 0. The molecule has 0 saturated carbocycles. The molecule has 0 spiro atoms. The molecular weight excluding hydrogens is 229 g/mol. The van der Waals surface area contributed by atoms with E-state index in [-0.39, 0.29) is 18.5 Å². The van der Waals surface area contributed by atoms with Crippen LogP contribution < -0.4 is 0 Å². The van der Waals surface area contributed by atoms with Crippen LogP contribution in [0.2, 0.25) is 0 Å². The summed E-state index contributed by atoms with van der Waals surface area (Å²) >= 11 is 0. The molecule has 0 bridgehead atoms. The van der Waals surface area contributed by atoms with Crippen LogP contribution in [-0.4, -0.2) is 29.2 Å². The Balaban J connectivity index is 2.10. The third-order valence-electron chi connectivity index (χ3n) is 3.89. The van der Waals surface area contributed by atoms with Crippen molar-refractivity contribution in [2.75, 3.05) is 13.2 Å². The number of aliphatic hydroxyl groups excluding tert-OH is 1. The maximum absolute atomic E-state index is 13.1. The van der Waals surface area contributed by atoms with E-state index < -0.39 is 0 Å². The van der Waals surface area contributed by atoms with Gasteiger partial charge in [0.2, 0.25) is 0 Å². The standard InChI is InChI=1S/C15H22FNO/c1-12-9-14(16)7-6-13(12)10-17-8-4-2-3-5-15(17)11-18/h6-7,9,15,18H,2-5,8,10-11H2,1H3. The lowest BCUT2D eigenvalue weighted by atomic mass is 10.1. The predicted molar refractivity (Wildman–Crippen MR) is 70.9 cm³/mol. The van der Waals surface area contributed by atoms with E-state index in [1.807, 2.05) is 13.0 Å². The summed E-state index contributed by atoms with van der Waals surface area (Å²) in [5, 5.41) is 9.48. The first-order valence-electron chi connectivity index (χ1n) is 6.80. The first-order chi connectivity index (χ1) is 8.70. The summed E-state index contributed by atoms with van der Waals surface area (Å²) < 4.78 is 13.1. The van der Waals surface area contributed by atoms with E-state index in [0.717, 1.165) is 30.6 Å². The Morgan fingerprint density at radius 1 is 1.33 bits per heavy atom. The van der Waals surface area contributed by atoms with E-state index in [0.29, 0.717) is 0 Å². The highest BCUT2D eigenvalue weighted by atomic mass is 19.1. The number of benzene rings is 1. The molecule has 1 aromatic carbocycles. The first kappa shape index (κ1) is 13.5. The quantitative estimate of drug-likeness (QED) is 0.893. The number of hydrogen-bond acceptors (Lipinski definition) is 2. The molecule has 2 rings (SSSR count). The largest absolute Gasteiger partial charge is 0.395 e. The fourth-order valence-electron chi connectivity index (χ4n) is 2.71. The van der Waals surface area contributed by atoms with Crippen LogP contribution in [0.3, 0.4) is 0 Å². The van der Waals surface area contributed by atoms with Gasteiger partial charge >= 0.3 is 0 Å². The predicted octanol–water partition coefficient (Wildman–Crippen LogP) is 2.87. The average Bonchev–Trinajstić information content (AvgIpc) is 2.57. The zero-order valence-electron chi connectivity index (χ0n) is 11.0. The molecule has 1 aliphatic heterocycles. The summed E-state index contributed by atoms with van der Waals surface area (Å²) in [5.74, 6) is -0.175. The van der Waals surface area contributed by atoms with Gasteiger partial charge in [0.25, 0.3) is 0 Å². The molecule has 1 heterocycles. The van der Waals surface area contributed by atoms with E-state index in [1.54, 1.807) is 6.07 Å². The molecule has 100 valence electrons. The molecule has 1 aromatic rings. The Morgan fingerprint density at radius 2 is 2.17 bits per heavy atom. The number of aryl methyl sites for hydroxylation is 1. The van der Waals surface area contributed by atoms with Crippen molar-refractivity contribution >= 4 is 0 Å². The summed E-state index contributed by atoms with van der Waals surface area (Å²) in [4.78, 5) is 2.34. The van der Waals surface area contributed by atoms with Gasteiger partial charge in [-0.05, 0) is 49.6 Å². The summed E-state index contributed by atoms with van der Waals surface area (Å²) in [6.45, 7) is 4.02. The number of hydrogen-bond donors (Lipinski definition) is 1. The van der Waals surface area contributed by atoms with Crippen LogP contribution in [0.25, 0.3) is 0 Å². The highest BCUT2D eigenvalue weighted by molar-refractivity contribution is 5.26. The fourth-order valence-corrected chi connectivity index (χ4v) is 2.71. The van der Waals surface area contributed by atoms with E-state index >= 15 is 0 Å². The normalized spacial score (nSPS) is 21.8. The van der Waals surface area contributed by atoms with E-state index in [2.05, 4.69) is 4.90 Å². The molecule has 1 N–H and O–H groups in total. The molecule has 1 unspecified atom stereocenters. The van der Waals surface area contributed by atoms with Crippen LogP contribution in [0.1, 0.15) is 36.8 Å². The number of likely N-dealkylation sites (tertiary alicyclic amines) is 1. The Labute approximate surface area is 108 Å². The Bertz CT molecular complexity index is 394. The molecule has 0 amide bonds. The van der Waals surface area contributed by atoms with Gasteiger partial charge in [-0.2, -0.15) is 0 Å². The average molecular weight is 251 g/mol. The molecule has 1 saturated heterocycles. The SMILES string of the molecule is Cc1cc(F)ccc1CN1CCCCCC1CO. The zero-order chi connectivity index (χ0) is 13.0. The highest BCUT2D eigenvalue weighted by Gasteiger charge is 2.20. The van der Waals surface area contributed by atoms with Gasteiger partial charge in [-0.15, -0.1) is 0 Å². The highest BCUT2D eigenvalue weighted by Crippen LogP contribution is 2.20. The Hall–Kier alpha value is -0.930. The maximum Gasteiger partial charge on any atom is 0.123 e. The van der Waals surface area contributed by atoms with Gasteiger partial charge in [-0.1, -0.05) is 18.9 Å². The van der Waals surface area contributed by atoms with Crippen molar-refractivity contribution in [3.63, 3.8) is 0 Å². The van der Waals surface area contributed by atoms with Crippen LogP contribution in [0, 0.1) is 12.7 Å². The molecule has 0 aromatic heterocycles. The Kier molecular flexibility index (Phi) is 4.72. The van der Waals surface area contributed by atoms with Gasteiger partial charge in [-0.3, -0.25) is 4.90 Å². The van der Waals surface area contributed by atoms with Crippen molar-refractivity contribution < 1.29 is 9.50 Å². The van der Waals surface area contributed by atoms with Gasteiger partial charge < -0.3 is 5.11 Å². The molecule has 1 fully saturated rings. The number of rotatable bonds is 3. The Morgan fingerprint density at radius 3 is 2.89 bits per heavy atom. The molecule has 1 aliphatic rings. The lowest BCUT2D eigenvalue weighted by molar-refractivity contribution is 0.118. The fraction of sp³-hybridized carbons (Fsp3) is 0.600. The van der Waals surface area contributed by atoms with Crippen molar-refractivity contribution in [3.05, 3.63) is 35.1 Å². The van der Waals surface area contributed by atoms with Gasteiger partial charge in [0, 0.05) is 12.6 Å². The molecule has 3 heteroatoms. The zero-order valence-corrected chi connectivity index (χ0v) is 11.0. The van der Waals surface area contributed by atoms with E-state index in [9.17, 15) is 9.50 Å². The lowest BCUT2D eigenvalue weighted by Gasteiger charge is -2.29. The minimum Gasteiger partial charge on any atom is -0.395 e. The van der Waals surface area contributed by atoms with Crippen LogP contribution >= 0.6 is 0 Å². The van der Waals surface area contributed by atoms with Gasteiger partial charge in [0.15, 0.2) is 0 Å². The van der Waals surface area contributed by atoms with Crippen molar-refractivity contribution in [3.8, 4) is 0 Å². The third-order valence-corrected chi connectivity index (χ3v) is 3.89. The maximum atomic E-state index is 13.1. The van der Waals surface area contributed by atoms with E-state index in [4.69, 9.17) is 0 Å². The third kappa shape index (κ3) is 3.30. The molecular formula is C15H22FNO. The van der Waals surface area contributed by atoms with Crippen LogP contribution in [-0.2, 0) is 6.54 Å². The monoisotopic (exact) mass is 251 g/mol. The number of halogens is 1. The minimum atomic E-state index is -0.175. The van der Waals surface area contributed by atoms with Gasteiger partial charge in [0.1, 0.15) is 5.82 Å². The molecule has 0 aliphatic carbocycles. The molecule has 0 radical (unpaired) electrons. The molecule has 18 heavy (non-hydrogen) atoms. The lowest BCUT2D eigenvalue weighted by Crippen LogP contribution is -2.37. The summed E-state index contributed by atoms with van der Waals surface area (Å²) in [6.07, 6.45) is 4.70. The van der Waals surface area contributed by atoms with Gasteiger partial charge in [-0.25, -0.2) is 4.39 Å². The van der Waals surface area contributed by atoms with Crippen LogP contribution in [0.4, 0.5) is 4.39 Å². The van der Waals surface area contributed by atoms with Crippen molar-refractivity contribution in [2.24, 2.45) is 0 Å². The van der Waals surface area contributed by atoms with Crippen LogP contribution in [0.5, 0.6) is 0 Å². The van der Waals surface area contributed by atoms with Crippen molar-refractivity contribution in [1.29, 1.82) is 0 Å². The van der Waals surface area contributed by atoms with Gasteiger partial charge in [0.05, 0.1) is 6.61 Å². The van der Waals surface area contributed by atoms with Crippen LogP contribution in [0.15, 0.2) is 18.2 Å². The topological polar surface area (TPSA) is 23.5 Å². The summed E-state index contributed by atoms with van der Waals surface area (Å²) in [6, 6.07) is 5.23. The second-order valence-electron chi connectivity index (χ2n) is 5.23. The summed E-state index contributed by atoms with van der Waals surface area (Å²) in [5.41, 5.74) is 2.16. The first-order valence-corrected chi connectivity index (χ1v) is 6.80. The molecule has 1 atom stereocenters. The smallest absolute Gasteiger partial charge is 0.123 e. The second kappa shape index (κ2) is 6.30. The minimum absolute atomic E-state index is 0.175.